The van der Waals surface area contributed by atoms with Crippen molar-refractivity contribution in [3.8, 4) is 0 Å². The Hall–Kier alpha value is -6.57. The molecule has 1 aliphatic heterocycles. The molecule has 0 spiro atoms. The lowest BCUT2D eigenvalue weighted by Gasteiger charge is -2.34. The molecule has 1 aromatic carbocycles. The number of carbonyl (C=O) groups is 7. The number of carbonyl (C=O) groups excluding carboxylic acids is 7. The van der Waals surface area contributed by atoms with Gasteiger partial charge in [-0.25, -0.2) is 9.59 Å². The summed E-state index contributed by atoms with van der Waals surface area (Å²) in [4.78, 5) is 86.3. The Morgan fingerprint density at radius 2 is 1.21 bits per heavy atom. The molecule has 0 aromatic heterocycles. The summed E-state index contributed by atoms with van der Waals surface area (Å²) in [5, 5.41) is 15.2. The van der Waals surface area contributed by atoms with Gasteiger partial charge in [0.1, 0.15) is 17.5 Å². The van der Waals surface area contributed by atoms with Crippen molar-refractivity contribution in [1.29, 1.82) is 0 Å². The van der Waals surface area contributed by atoms with Crippen molar-refractivity contribution >= 4 is 42.1 Å². The minimum Gasteiger partial charge on any atom is -0.444 e. The number of aldehydes is 1. The van der Waals surface area contributed by atoms with E-state index in [0.717, 1.165) is 118 Å². The molecule has 1 heterocycles. The third-order valence-corrected chi connectivity index (χ3v) is 15.2. The molecule has 89 heavy (non-hydrogen) atoms. The number of nitrogens with zero attached hydrogens (tertiary/aromatic N) is 2. The van der Waals surface area contributed by atoms with Crippen molar-refractivity contribution < 1.29 is 47.8 Å². The van der Waals surface area contributed by atoms with Crippen molar-refractivity contribution in [2.45, 2.75) is 224 Å². The number of hydrogen-bond donors (Lipinski definition) is 7. The van der Waals surface area contributed by atoms with Crippen LogP contribution in [0.2, 0.25) is 0 Å². The second-order valence-electron chi connectivity index (χ2n) is 25.6. The maximum Gasteiger partial charge on any atom is 0.407 e. The number of unbranched alkanes of at least 4 members (excludes halogenated alkanes) is 14. The highest BCUT2D eigenvalue weighted by molar-refractivity contribution is 5.82. The van der Waals surface area contributed by atoms with Crippen LogP contribution in [0.25, 0.3) is 0 Å². The fourth-order valence-electron chi connectivity index (χ4n) is 10.4. The van der Waals surface area contributed by atoms with Crippen LogP contribution in [0.15, 0.2) is 96.4 Å². The zero-order chi connectivity index (χ0) is 66.3. The van der Waals surface area contributed by atoms with Crippen LogP contribution in [-0.4, -0.2) is 142 Å². The molecule has 19 heteroatoms. The first kappa shape index (κ1) is 78.5. The fraction of sp³-hybridized carbons (Fsp3) is 0.643. The Morgan fingerprint density at radius 1 is 0.697 bits per heavy atom. The van der Waals surface area contributed by atoms with E-state index >= 15 is 0 Å². The van der Waals surface area contributed by atoms with Crippen LogP contribution in [0.5, 0.6) is 0 Å². The third-order valence-electron chi connectivity index (χ3n) is 15.2. The first-order valence-corrected chi connectivity index (χ1v) is 32.7. The lowest BCUT2D eigenvalue weighted by Crippen LogP contribution is -2.43. The monoisotopic (exact) mass is 1240 g/mol. The normalized spacial score (nSPS) is 19.7. The average Bonchev–Trinajstić information content (AvgIpc) is 1.82. The summed E-state index contributed by atoms with van der Waals surface area (Å²) in [5.41, 5.74) is 14.7. The zero-order valence-electron chi connectivity index (χ0n) is 56.1. The van der Waals surface area contributed by atoms with Gasteiger partial charge in [-0.05, 0) is 133 Å². The van der Waals surface area contributed by atoms with E-state index in [9.17, 15) is 33.6 Å². The molecule has 4 atom stereocenters. The first-order chi connectivity index (χ1) is 42.2. The summed E-state index contributed by atoms with van der Waals surface area (Å²) < 4.78 is 16.1. The molecule has 1 aromatic rings. The lowest BCUT2D eigenvalue weighted by atomic mass is 9.70. The summed E-state index contributed by atoms with van der Waals surface area (Å²) >= 11 is 0. The smallest absolute Gasteiger partial charge is 0.407 e. The Balaban J connectivity index is 0.000000627. The molecule has 2 aliphatic carbocycles. The number of hydrogen-bond acceptors (Lipinski definition) is 13. The van der Waals surface area contributed by atoms with Crippen LogP contribution in [0, 0.1) is 0 Å². The Bertz CT molecular complexity index is 2490. The van der Waals surface area contributed by atoms with Crippen LogP contribution < -0.4 is 38.1 Å². The first-order valence-electron chi connectivity index (χ1n) is 32.7. The summed E-state index contributed by atoms with van der Waals surface area (Å²) in [6.07, 6.45) is 32.2. The van der Waals surface area contributed by atoms with E-state index in [1.54, 1.807) is 23.9 Å². The maximum absolute atomic E-state index is 13.8. The molecule has 4 rings (SSSR count). The van der Waals surface area contributed by atoms with Crippen LogP contribution >= 0.6 is 0 Å². The van der Waals surface area contributed by atoms with Gasteiger partial charge < -0.3 is 66.9 Å². The number of primary amides is 1. The van der Waals surface area contributed by atoms with Gasteiger partial charge in [0.25, 0.3) is 0 Å². The number of amides is 6. The molecule has 1 saturated heterocycles. The highest BCUT2D eigenvalue weighted by Crippen LogP contribution is 2.45. The fourth-order valence-corrected chi connectivity index (χ4v) is 10.4. The predicted molar refractivity (Wildman–Crippen MR) is 358 cm³/mol. The van der Waals surface area contributed by atoms with Crippen LogP contribution in [0.4, 0.5) is 9.59 Å². The molecule has 0 radical (unpaired) electrons. The van der Waals surface area contributed by atoms with E-state index in [1.165, 1.54) is 19.3 Å². The SMILES string of the molecule is C=C1/C=C\C(NC)=C\C2(CCC(=O)N(C)CCOCCN(C)C(=O)C3CC(N)CN3)/C=C(NC(=O)CCCCCCCC)\C=C/C(=C)C1c1ccccc12.CC(C)(C)OC(=O)NCCCCCCCC(N)=O.CC(C)(C)OC(=O)NCCCCCCCC=O. The van der Waals surface area contributed by atoms with E-state index in [0.29, 0.717) is 83.7 Å². The molecular formula is C70H115N9O10. The van der Waals surface area contributed by atoms with Crippen molar-refractivity contribution in [2.75, 3.05) is 67.1 Å². The van der Waals surface area contributed by atoms with Gasteiger partial charge in [0, 0.05) is 108 Å². The van der Waals surface area contributed by atoms with Crippen LogP contribution in [0.3, 0.4) is 0 Å². The second kappa shape index (κ2) is 43.2. The van der Waals surface area contributed by atoms with Gasteiger partial charge >= 0.3 is 12.2 Å². The maximum atomic E-state index is 13.8. The number of ether oxygens (including phenoxy) is 3. The van der Waals surface area contributed by atoms with E-state index in [2.05, 4.69) is 71.0 Å². The van der Waals surface area contributed by atoms with Crippen molar-refractivity contribution in [3.63, 3.8) is 0 Å². The molecule has 3 aliphatic rings. The molecule has 6 amide bonds. The van der Waals surface area contributed by atoms with Gasteiger partial charge in [-0.15, -0.1) is 0 Å². The molecule has 9 N–H and O–H groups in total. The van der Waals surface area contributed by atoms with E-state index < -0.39 is 16.6 Å². The predicted octanol–water partition coefficient (Wildman–Crippen LogP) is 10.9. The molecule has 4 unspecified atom stereocenters. The van der Waals surface area contributed by atoms with Gasteiger partial charge in [-0.3, -0.25) is 19.2 Å². The number of likely N-dealkylation sites (N-methyl/N-ethyl adjacent to an activating group) is 3. The Morgan fingerprint density at radius 3 is 1.75 bits per heavy atom. The minimum atomic E-state index is -0.776. The number of allylic oxidation sites excluding steroid dienone is 8. The summed E-state index contributed by atoms with van der Waals surface area (Å²) in [5.74, 6) is -0.447. The summed E-state index contributed by atoms with van der Waals surface area (Å²) in [7, 11) is 5.45. The molecule has 0 saturated carbocycles. The quantitative estimate of drug-likeness (QED) is 0.0247. The second-order valence-corrected chi connectivity index (χ2v) is 25.6. The molecular weight excluding hydrogens is 1130 g/mol. The van der Waals surface area contributed by atoms with Crippen LogP contribution in [-0.2, 0) is 43.6 Å². The topological polar surface area (TPSA) is 266 Å². The molecule has 2 bridgehead atoms. The minimum absolute atomic E-state index is 0.00442. The lowest BCUT2D eigenvalue weighted by molar-refractivity contribution is -0.132. The van der Waals surface area contributed by atoms with Gasteiger partial charge in [-0.2, -0.15) is 0 Å². The number of nitrogens with one attached hydrogen (secondary N) is 5. The highest BCUT2D eigenvalue weighted by Gasteiger charge is 2.36. The number of alkyl carbamates (subject to hydrolysis) is 2. The number of benzene rings is 1. The Labute approximate surface area is 534 Å². The molecule has 1 fully saturated rings. The van der Waals surface area contributed by atoms with Crippen LogP contribution in [0.1, 0.15) is 207 Å². The molecule has 19 nitrogen and oxygen atoms in total. The van der Waals surface area contributed by atoms with Gasteiger partial charge in [0.05, 0.1) is 19.3 Å². The standard InChI is InChI=1S/C44H64N6O4.C13H26N2O3.C13H25NO3/c1-7-8-9-10-11-12-17-40(51)48-36-21-19-33(3)42-32(2)18-20-35(46-4)29-44(30-36,38-16-14-13-15-37(38)42)23-22-41(52)49(5)24-26-54-27-25-50(6)43(53)39-28-34(45)31-47-39;1-13(2,3)18-12(17)15-10-8-6-4-5-7-9-11(14)16;1-13(2,3)17-12(16)14-10-8-6-4-5-7-9-11-15/h13-16,18-21,29-30,34,39,42,46-47H,2-3,7-12,17,22-28,31,45H2,1,4-6H3,(H,48,51);4-10H2,1-3H3,(H2,14,16)(H,15,17);11H,4-10H2,1-3H3,(H,14,16)/b20-18-,21-19-,35-29-,36-30+;;. The van der Waals surface area contributed by atoms with E-state index in [1.807, 2.05) is 85.0 Å². The number of rotatable bonds is 35. The summed E-state index contributed by atoms with van der Waals surface area (Å²) in [6, 6.07) is 8.06. The van der Waals surface area contributed by atoms with Crippen molar-refractivity contribution in [3.05, 3.63) is 108 Å². The molecule has 500 valence electrons. The third kappa shape index (κ3) is 34.3. The van der Waals surface area contributed by atoms with Crippen molar-refractivity contribution in [1.82, 2.24) is 36.4 Å². The van der Waals surface area contributed by atoms with Gasteiger partial charge in [0.15, 0.2) is 0 Å². The average molecular weight is 1240 g/mol. The zero-order valence-corrected chi connectivity index (χ0v) is 56.1. The van der Waals surface area contributed by atoms with Crippen molar-refractivity contribution in [2.24, 2.45) is 11.5 Å². The van der Waals surface area contributed by atoms with E-state index in [4.69, 9.17) is 25.7 Å². The Kier molecular flexibility index (Phi) is 38.1. The van der Waals surface area contributed by atoms with Gasteiger partial charge in [-0.1, -0.05) is 127 Å². The number of nitrogens with two attached hydrogens (primary N) is 2. The summed E-state index contributed by atoms with van der Waals surface area (Å²) in [6.45, 7) is 25.7. The highest BCUT2D eigenvalue weighted by atomic mass is 16.6. The van der Waals surface area contributed by atoms with E-state index in [-0.39, 0.29) is 60.2 Å². The van der Waals surface area contributed by atoms with Gasteiger partial charge in [0.2, 0.25) is 23.6 Å². The largest absolute Gasteiger partial charge is 0.444 e.